The van der Waals surface area contributed by atoms with Gasteiger partial charge in [-0.2, -0.15) is 0 Å². The Kier molecular flexibility index (Phi) is 4.24. The number of anilines is 2. The highest BCUT2D eigenvalue weighted by Gasteiger charge is 2.20. The molecule has 3 aromatic rings. The Labute approximate surface area is 148 Å². The third-order valence-electron chi connectivity index (χ3n) is 4.30. The number of nitrogens with zero attached hydrogens (tertiary/aromatic N) is 4. The summed E-state index contributed by atoms with van der Waals surface area (Å²) in [6, 6.07) is 5.34. The lowest BCUT2D eigenvalue weighted by molar-refractivity contribution is 0.627. The number of benzene rings is 1. The van der Waals surface area contributed by atoms with Crippen LogP contribution < -0.4 is 9.80 Å². The summed E-state index contributed by atoms with van der Waals surface area (Å²) in [5.41, 5.74) is 0.930. The maximum atomic E-state index is 15.0. The summed E-state index contributed by atoms with van der Waals surface area (Å²) in [4.78, 5) is 12.9. The maximum absolute atomic E-state index is 15.0. The third-order valence-corrected chi connectivity index (χ3v) is 5.47. The van der Waals surface area contributed by atoms with Gasteiger partial charge in [0.25, 0.3) is 0 Å². The first-order valence-corrected chi connectivity index (χ1v) is 9.12. The standard InChI is InChI=1S/C17H16ClFN4S/c18-13-4-5-20-16-12(13)2-3-14(15(16)19)22-7-1-8-23(10-9-22)17-21-6-11-24-17/h2-6,11H,1,7-10H2. The predicted octanol–water partition coefficient (Wildman–Crippen LogP) is 4.20. The molecule has 2 aromatic heterocycles. The van der Waals surface area contributed by atoms with Gasteiger partial charge in [0.1, 0.15) is 5.52 Å². The number of pyridine rings is 1. The van der Waals surface area contributed by atoms with Crippen LogP contribution in [0.1, 0.15) is 6.42 Å². The van der Waals surface area contributed by atoms with E-state index in [-0.39, 0.29) is 5.82 Å². The lowest BCUT2D eigenvalue weighted by Crippen LogP contribution is -2.31. The van der Waals surface area contributed by atoms with Crippen LogP contribution in [0.2, 0.25) is 5.02 Å². The molecule has 3 heterocycles. The first-order chi connectivity index (χ1) is 11.7. The molecule has 0 aliphatic carbocycles. The number of halogens is 2. The maximum Gasteiger partial charge on any atom is 0.185 e. The van der Waals surface area contributed by atoms with Gasteiger partial charge in [0.15, 0.2) is 10.9 Å². The van der Waals surface area contributed by atoms with Crippen molar-refractivity contribution in [2.75, 3.05) is 36.0 Å². The zero-order chi connectivity index (χ0) is 16.5. The molecule has 0 spiro atoms. The van der Waals surface area contributed by atoms with Gasteiger partial charge in [-0.1, -0.05) is 11.6 Å². The van der Waals surface area contributed by atoms with Gasteiger partial charge in [-0.05, 0) is 24.6 Å². The highest BCUT2D eigenvalue weighted by Crippen LogP contribution is 2.31. The highest BCUT2D eigenvalue weighted by molar-refractivity contribution is 7.13. The molecule has 0 radical (unpaired) electrons. The Morgan fingerprint density at radius 1 is 1.00 bits per heavy atom. The Bertz CT molecular complexity index is 855. The SMILES string of the molecule is Fc1c(N2CCCN(c3nccs3)CC2)ccc2c(Cl)ccnc12. The predicted molar refractivity (Wildman–Crippen MR) is 97.9 cm³/mol. The smallest absolute Gasteiger partial charge is 0.185 e. The van der Waals surface area contributed by atoms with Crippen molar-refractivity contribution in [3.63, 3.8) is 0 Å². The second-order valence-corrected chi connectivity index (χ2v) is 7.01. The number of aromatic nitrogens is 2. The zero-order valence-corrected chi connectivity index (χ0v) is 14.5. The van der Waals surface area contributed by atoms with Gasteiger partial charge in [-0.3, -0.25) is 4.98 Å². The van der Waals surface area contributed by atoms with Crippen LogP contribution in [-0.2, 0) is 0 Å². The van der Waals surface area contributed by atoms with Gasteiger partial charge in [-0.25, -0.2) is 9.37 Å². The second kappa shape index (κ2) is 6.53. The van der Waals surface area contributed by atoms with Gasteiger partial charge in [0.2, 0.25) is 0 Å². The number of hydrogen-bond donors (Lipinski definition) is 0. The van der Waals surface area contributed by atoms with Gasteiger partial charge in [0.05, 0.1) is 10.7 Å². The van der Waals surface area contributed by atoms with Crippen LogP contribution in [0.5, 0.6) is 0 Å². The molecule has 1 aliphatic heterocycles. The molecule has 24 heavy (non-hydrogen) atoms. The fraction of sp³-hybridized carbons (Fsp3) is 0.294. The minimum Gasteiger partial charge on any atom is -0.367 e. The van der Waals surface area contributed by atoms with E-state index in [1.165, 1.54) is 0 Å². The van der Waals surface area contributed by atoms with Crippen molar-refractivity contribution >= 4 is 44.7 Å². The average Bonchev–Trinajstić information content (AvgIpc) is 3.02. The topological polar surface area (TPSA) is 32.3 Å². The van der Waals surface area contributed by atoms with Crippen LogP contribution >= 0.6 is 22.9 Å². The molecule has 1 aliphatic rings. The molecule has 7 heteroatoms. The molecule has 0 unspecified atom stereocenters. The molecule has 4 nitrogen and oxygen atoms in total. The van der Waals surface area contributed by atoms with Crippen molar-refractivity contribution in [3.8, 4) is 0 Å². The number of fused-ring (bicyclic) bond motifs is 1. The lowest BCUT2D eigenvalue weighted by atomic mass is 10.1. The zero-order valence-electron chi connectivity index (χ0n) is 13.0. The number of rotatable bonds is 2. The van der Waals surface area contributed by atoms with E-state index in [9.17, 15) is 4.39 Å². The lowest BCUT2D eigenvalue weighted by Gasteiger charge is -2.24. The molecule has 1 saturated heterocycles. The van der Waals surface area contributed by atoms with E-state index >= 15 is 0 Å². The molecule has 1 fully saturated rings. The van der Waals surface area contributed by atoms with E-state index in [1.807, 2.05) is 23.7 Å². The molecule has 0 saturated carbocycles. The second-order valence-electron chi connectivity index (χ2n) is 5.73. The van der Waals surface area contributed by atoms with Crippen LogP contribution in [0.3, 0.4) is 0 Å². The molecule has 124 valence electrons. The summed E-state index contributed by atoms with van der Waals surface area (Å²) in [6.07, 6.45) is 4.32. The fourth-order valence-corrected chi connectivity index (χ4v) is 4.01. The van der Waals surface area contributed by atoms with Gasteiger partial charge >= 0.3 is 0 Å². The van der Waals surface area contributed by atoms with Crippen molar-refractivity contribution in [1.29, 1.82) is 0 Å². The first-order valence-electron chi connectivity index (χ1n) is 7.86. The summed E-state index contributed by atoms with van der Waals surface area (Å²) in [6.45, 7) is 3.32. The van der Waals surface area contributed by atoms with Gasteiger partial charge in [-0.15, -0.1) is 11.3 Å². The van der Waals surface area contributed by atoms with Crippen molar-refractivity contribution in [2.45, 2.75) is 6.42 Å². The normalized spacial score (nSPS) is 15.8. The average molecular weight is 363 g/mol. The molecule has 0 N–H and O–H groups in total. The molecule has 1 aromatic carbocycles. The molecule has 0 amide bonds. The van der Waals surface area contributed by atoms with E-state index in [0.717, 1.165) is 37.7 Å². The van der Waals surface area contributed by atoms with E-state index in [1.54, 1.807) is 23.6 Å². The van der Waals surface area contributed by atoms with E-state index in [2.05, 4.69) is 19.8 Å². The minimum absolute atomic E-state index is 0.294. The van der Waals surface area contributed by atoms with Crippen LogP contribution in [0.4, 0.5) is 15.2 Å². The monoisotopic (exact) mass is 362 g/mol. The molecule has 0 bridgehead atoms. The summed E-state index contributed by atoms with van der Waals surface area (Å²) >= 11 is 7.78. The number of hydrogen-bond acceptors (Lipinski definition) is 5. The summed E-state index contributed by atoms with van der Waals surface area (Å²) in [7, 11) is 0. The highest BCUT2D eigenvalue weighted by atomic mass is 35.5. The largest absolute Gasteiger partial charge is 0.367 e. The quantitative estimate of drug-likeness (QED) is 0.684. The molecule has 0 atom stereocenters. The Morgan fingerprint density at radius 3 is 2.67 bits per heavy atom. The van der Waals surface area contributed by atoms with Crippen molar-refractivity contribution in [1.82, 2.24) is 9.97 Å². The van der Waals surface area contributed by atoms with E-state index in [0.29, 0.717) is 21.6 Å². The molecular formula is C17H16ClFN4S. The first kappa shape index (κ1) is 15.6. The third kappa shape index (κ3) is 2.80. The minimum atomic E-state index is -0.294. The molecule has 4 rings (SSSR count). The summed E-state index contributed by atoms with van der Waals surface area (Å²) < 4.78 is 15.0. The van der Waals surface area contributed by atoms with Crippen LogP contribution in [0, 0.1) is 5.82 Å². The Hall–Kier alpha value is -1.92. The van der Waals surface area contributed by atoms with Crippen molar-refractivity contribution < 1.29 is 4.39 Å². The summed E-state index contributed by atoms with van der Waals surface area (Å²) in [5, 5.41) is 4.19. The molecular weight excluding hydrogens is 347 g/mol. The Balaban J connectivity index is 1.62. The fourth-order valence-electron chi connectivity index (χ4n) is 3.11. The van der Waals surface area contributed by atoms with Crippen LogP contribution in [-0.4, -0.2) is 36.1 Å². The summed E-state index contributed by atoms with van der Waals surface area (Å²) in [5.74, 6) is -0.294. The van der Waals surface area contributed by atoms with Crippen LogP contribution in [0.25, 0.3) is 10.9 Å². The van der Waals surface area contributed by atoms with Gasteiger partial charge in [0, 0.05) is 49.3 Å². The van der Waals surface area contributed by atoms with Gasteiger partial charge < -0.3 is 9.80 Å². The Morgan fingerprint density at radius 2 is 1.83 bits per heavy atom. The van der Waals surface area contributed by atoms with E-state index in [4.69, 9.17) is 11.6 Å². The van der Waals surface area contributed by atoms with E-state index < -0.39 is 0 Å². The van der Waals surface area contributed by atoms with Crippen LogP contribution in [0.15, 0.2) is 36.0 Å². The van der Waals surface area contributed by atoms with Crippen molar-refractivity contribution in [2.24, 2.45) is 0 Å². The van der Waals surface area contributed by atoms with Crippen molar-refractivity contribution in [3.05, 3.63) is 46.8 Å². The number of thiazole rings is 1.